The van der Waals surface area contributed by atoms with E-state index in [0.29, 0.717) is 12.0 Å². The Labute approximate surface area is 74.3 Å². The molecule has 2 nitrogen and oxygen atoms in total. The molecular weight excluding hydrogens is 152 g/mol. The van der Waals surface area contributed by atoms with Crippen molar-refractivity contribution in [2.75, 3.05) is 0 Å². The number of hydrogen-bond donors (Lipinski definition) is 1. The SMILES string of the molecule is CCCC(C)(O)CC=C(C)C=O. The molecule has 0 aromatic carbocycles. The van der Waals surface area contributed by atoms with Crippen molar-refractivity contribution in [1.82, 2.24) is 0 Å². The van der Waals surface area contributed by atoms with Gasteiger partial charge >= 0.3 is 0 Å². The Hall–Kier alpha value is -0.630. The van der Waals surface area contributed by atoms with Crippen molar-refractivity contribution in [3.05, 3.63) is 11.6 Å². The smallest absolute Gasteiger partial charge is 0.145 e. The summed E-state index contributed by atoms with van der Waals surface area (Å²) in [4.78, 5) is 10.2. The Morgan fingerprint density at radius 2 is 2.17 bits per heavy atom. The van der Waals surface area contributed by atoms with Gasteiger partial charge in [0.1, 0.15) is 6.29 Å². The van der Waals surface area contributed by atoms with Crippen molar-refractivity contribution in [3.63, 3.8) is 0 Å². The van der Waals surface area contributed by atoms with Crippen LogP contribution in [0.4, 0.5) is 0 Å². The standard InChI is InChI=1S/C10H18O2/c1-4-6-10(3,12)7-5-9(2)8-11/h5,8,12H,4,6-7H2,1-3H3. The van der Waals surface area contributed by atoms with Crippen LogP contribution in [0.2, 0.25) is 0 Å². The van der Waals surface area contributed by atoms with Gasteiger partial charge in [0.05, 0.1) is 5.60 Å². The third-order valence-corrected chi connectivity index (χ3v) is 1.84. The van der Waals surface area contributed by atoms with Crippen LogP contribution in [0.3, 0.4) is 0 Å². The largest absolute Gasteiger partial charge is 0.390 e. The fourth-order valence-electron chi connectivity index (χ4n) is 1.07. The third-order valence-electron chi connectivity index (χ3n) is 1.84. The molecule has 1 atom stereocenters. The van der Waals surface area contributed by atoms with Crippen LogP contribution in [-0.2, 0) is 4.79 Å². The molecule has 70 valence electrons. The first-order chi connectivity index (χ1) is 5.52. The highest BCUT2D eigenvalue weighted by molar-refractivity contribution is 5.71. The van der Waals surface area contributed by atoms with Crippen LogP contribution >= 0.6 is 0 Å². The molecule has 0 spiro atoms. The van der Waals surface area contributed by atoms with Crippen molar-refractivity contribution in [1.29, 1.82) is 0 Å². The second kappa shape index (κ2) is 5.09. The first-order valence-electron chi connectivity index (χ1n) is 4.36. The molecular formula is C10H18O2. The number of aldehydes is 1. The minimum atomic E-state index is -0.654. The molecule has 0 aliphatic carbocycles. The van der Waals surface area contributed by atoms with E-state index in [4.69, 9.17) is 0 Å². The monoisotopic (exact) mass is 170 g/mol. The number of aliphatic hydroxyl groups is 1. The fraction of sp³-hybridized carbons (Fsp3) is 0.700. The highest BCUT2D eigenvalue weighted by Crippen LogP contribution is 2.17. The number of carbonyl (C=O) groups excluding carboxylic acids is 1. The summed E-state index contributed by atoms with van der Waals surface area (Å²) >= 11 is 0. The van der Waals surface area contributed by atoms with Gasteiger partial charge in [-0.05, 0) is 32.3 Å². The lowest BCUT2D eigenvalue weighted by Gasteiger charge is -2.20. The summed E-state index contributed by atoms with van der Waals surface area (Å²) in [6, 6.07) is 0. The van der Waals surface area contributed by atoms with E-state index in [1.165, 1.54) is 0 Å². The van der Waals surface area contributed by atoms with E-state index in [1.54, 1.807) is 19.9 Å². The molecule has 0 bridgehead atoms. The molecule has 0 aliphatic heterocycles. The zero-order chi connectivity index (χ0) is 9.61. The molecule has 0 rings (SSSR count). The van der Waals surface area contributed by atoms with E-state index >= 15 is 0 Å². The van der Waals surface area contributed by atoms with Gasteiger partial charge in [-0.25, -0.2) is 0 Å². The first-order valence-corrected chi connectivity index (χ1v) is 4.36. The molecule has 0 saturated heterocycles. The van der Waals surface area contributed by atoms with Gasteiger partial charge in [0.25, 0.3) is 0 Å². The van der Waals surface area contributed by atoms with Gasteiger partial charge < -0.3 is 5.11 Å². The van der Waals surface area contributed by atoms with E-state index in [9.17, 15) is 9.90 Å². The van der Waals surface area contributed by atoms with E-state index in [0.717, 1.165) is 19.1 Å². The summed E-state index contributed by atoms with van der Waals surface area (Å²) in [6.07, 6.45) is 4.88. The maximum atomic E-state index is 10.2. The average Bonchev–Trinajstić information content (AvgIpc) is 2.00. The number of carbonyl (C=O) groups is 1. The van der Waals surface area contributed by atoms with Gasteiger partial charge in [0.2, 0.25) is 0 Å². The molecule has 0 fully saturated rings. The molecule has 1 N–H and O–H groups in total. The highest BCUT2D eigenvalue weighted by atomic mass is 16.3. The Morgan fingerprint density at radius 3 is 2.58 bits per heavy atom. The Bertz CT molecular complexity index is 169. The Balaban J connectivity index is 3.97. The van der Waals surface area contributed by atoms with E-state index in [-0.39, 0.29) is 0 Å². The molecule has 0 heterocycles. The quantitative estimate of drug-likeness (QED) is 0.506. The number of allylic oxidation sites excluding steroid dienone is 1. The summed E-state index contributed by atoms with van der Waals surface area (Å²) in [5.74, 6) is 0. The van der Waals surface area contributed by atoms with Crippen molar-refractivity contribution < 1.29 is 9.90 Å². The molecule has 0 aliphatic rings. The predicted octanol–water partition coefficient (Wildman–Crippen LogP) is 2.07. The van der Waals surface area contributed by atoms with Crippen molar-refractivity contribution >= 4 is 6.29 Å². The molecule has 12 heavy (non-hydrogen) atoms. The van der Waals surface area contributed by atoms with E-state index in [2.05, 4.69) is 0 Å². The Morgan fingerprint density at radius 1 is 1.58 bits per heavy atom. The average molecular weight is 170 g/mol. The van der Waals surface area contributed by atoms with Crippen LogP contribution in [0.5, 0.6) is 0 Å². The molecule has 2 heteroatoms. The minimum absolute atomic E-state index is 0.561. The Kier molecular flexibility index (Phi) is 4.83. The van der Waals surface area contributed by atoms with Gasteiger partial charge in [-0.1, -0.05) is 19.4 Å². The highest BCUT2D eigenvalue weighted by Gasteiger charge is 2.16. The van der Waals surface area contributed by atoms with Crippen LogP contribution in [0.15, 0.2) is 11.6 Å². The van der Waals surface area contributed by atoms with Crippen molar-refractivity contribution in [3.8, 4) is 0 Å². The molecule has 0 amide bonds. The summed E-state index contributed by atoms with van der Waals surface area (Å²) in [5.41, 5.74) is 0.0327. The van der Waals surface area contributed by atoms with Gasteiger partial charge in [-0.2, -0.15) is 0 Å². The van der Waals surface area contributed by atoms with Crippen molar-refractivity contribution in [2.45, 2.75) is 45.6 Å². The van der Waals surface area contributed by atoms with E-state index < -0.39 is 5.60 Å². The van der Waals surface area contributed by atoms with E-state index in [1.807, 2.05) is 6.92 Å². The van der Waals surface area contributed by atoms with Gasteiger partial charge in [-0.3, -0.25) is 4.79 Å². The topological polar surface area (TPSA) is 37.3 Å². The summed E-state index contributed by atoms with van der Waals surface area (Å²) in [6.45, 7) is 5.57. The molecule has 1 unspecified atom stereocenters. The van der Waals surface area contributed by atoms with Crippen LogP contribution in [-0.4, -0.2) is 17.0 Å². The third kappa shape index (κ3) is 5.08. The number of hydrogen-bond acceptors (Lipinski definition) is 2. The van der Waals surface area contributed by atoms with Gasteiger partial charge in [-0.15, -0.1) is 0 Å². The minimum Gasteiger partial charge on any atom is -0.390 e. The van der Waals surface area contributed by atoms with Crippen LogP contribution < -0.4 is 0 Å². The van der Waals surface area contributed by atoms with Gasteiger partial charge in [0.15, 0.2) is 0 Å². The van der Waals surface area contributed by atoms with Crippen LogP contribution in [0.1, 0.15) is 40.0 Å². The summed E-state index contributed by atoms with van der Waals surface area (Å²) < 4.78 is 0. The maximum Gasteiger partial charge on any atom is 0.145 e. The summed E-state index contributed by atoms with van der Waals surface area (Å²) in [5, 5.41) is 9.70. The van der Waals surface area contributed by atoms with Crippen molar-refractivity contribution in [2.24, 2.45) is 0 Å². The first kappa shape index (κ1) is 11.4. The second-order valence-corrected chi connectivity index (χ2v) is 3.52. The lowest BCUT2D eigenvalue weighted by atomic mass is 9.96. The lowest BCUT2D eigenvalue weighted by Crippen LogP contribution is -2.22. The maximum absolute atomic E-state index is 10.2. The predicted molar refractivity (Wildman–Crippen MR) is 50.0 cm³/mol. The van der Waals surface area contributed by atoms with Crippen LogP contribution in [0.25, 0.3) is 0 Å². The molecule has 0 aromatic rings. The van der Waals surface area contributed by atoms with Crippen LogP contribution in [0, 0.1) is 0 Å². The summed E-state index contributed by atoms with van der Waals surface area (Å²) in [7, 11) is 0. The normalized spacial score (nSPS) is 17.2. The number of rotatable bonds is 5. The lowest BCUT2D eigenvalue weighted by molar-refractivity contribution is -0.104. The second-order valence-electron chi connectivity index (χ2n) is 3.52. The molecule has 0 saturated carbocycles. The molecule has 0 aromatic heterocycles. The van der Waals surface area contributed by atoms with Gasteiger partial charge in [0, 0.05) is 0 Å². The zero-order valence-corrected chi connectivity index (χ0v) is 8.13. The zero-order valence-electron chi connectivity index (χ0n) is 8.13. The fourth-order valence-corrected chi connectivity index (χ4v) is 1.07. The molecule has 0 radical (unpaired) electrons.